The van der Waals surface area contributed by atoms with Crippen LogP contribution in [0, 0.1) is 0 Å². The van der Waals surface area contributed by atoms with Crippen molar-refractivity contribution in [2.24, 2.45) is 0 Å². The molecule has 8 nitrogen and oxygen atoms in total. The Labute approximate surface area is 198 Å². The van der Waals surface area contributed by atoms with Crippen molar-refractivity contribution in [3.63, 3.8) is 0 Å². The fourth-order valence-corrected chi connectivity index (χ4v) is 5.36. The number of rotatable bonds is 8. The lowest BCUT2D eigenvalue weighted by Gasteiger charge is -2.42. The highest BCUT2D eigenvalue weighted by molar-refractivity contribution is 6.08. The fraction of sp³-hybridized carbons (Fsp3) is 0.385. The zero-order valence-corrected chi connectivity index (χ0v) is 19.5. The van der Waals surface area contributed by atoms with Crippen LogP contribution in [-0.2, 0) is 11.2 Å². The average Bonchev–Trinajstić information content (AvgIpc) is 3.30. The van der Waals surface area contributed by atoms with E-state index in [4.69, 9.17) is 9.84 Å². The number of ether oxygens (including phenoxy) is 1. The molecule has 3 aromatic rings. The van der Waals surface area contributed by atoms with Crippen molar-refractivity contribution in [1.29, 1.82) is 0 Å². The number of amides is 3. The number of H-pyrrole nitrogens is 1. The molecule has 1 fully saturated rings. The van der Waals surface area contributed by atoms with E-state index in [0.29, 0.717) is 32.5 Å². The third-order valence-corrected chi connectivity index (χ3v) is 7.01. The number of imide groups is 1. The Morgan fingerprint density at radius 1 is 1.18 bits per heavy atom. The number of methoxy groups -OCH3 is 1. The predicted molar refractivity (Wildman–Crippen MR) is 129 cm³/mol. The molecule has 3 heterocycles. The monoisotopic (exact) mass is 462 g/mol. The molecule has 1 saturated heterocycles. The highest BCUT2D eigenvalue weighted by Crippen LogP contribution is 2.48. The summed E-state index contributed by atoms with van der Waals surface area (Å²) in [5.74, 6) is 0.590. The first kappa shape index (κ1) is 22.4. The zero-order valence-electron chi connectivity index (χ0n) is 19.5. The van der Waals surface area contributed by atoms with Gasteiger partial charge in [0.2, 0.25) is 0 Å². The summed E-state index contributed by atoms with van der Waals surface area (Å²) in [5, 5.41) is 13.1. The van der Waals surface area contributed by atoms with Crippen molar-refractivity contribution < 1.29 is 19.4 Å². The maximum Gasteiger partial charge on any atom is 0.328 e. The summed E-state index contributed by atoms with van der Waals surface area (Å²) in [5.41, 5.74) is 2.93. The fourth-order valence-electron chi connectivity index (χ4n) is 5.36. The Morgan fingerprint density at radius 3 is 2.71 bits per heavy atom. The van der Waals surface area contributed by atoms with Gasteiger partial charge in [-0.2, -0.15) is 0 Å². The van der Waals surface area contributed by atoms with E-state index in [1.165, 1.54) is 4.90 Å². The van der Waals surface area contributed by atoms with Crippen molar-refractivity contribution >= 4 is 22.8 Å². The molecule has 0 saturated carbocycles. The van der Waals surface area contributed by atoms with E-state index in [1.54, 1.807) is 12.0 Å². The van der Waals surface area contributed by atoms with Crippen LogP contribution in [-0.4, -0.2) is 70.7 Å². The van der Waals surface area contributed by atoms with E-state index in [9.17, 15) is 9.59 Å². The van der Waals surface area contributed by atoms with E-state index in [-0.39, 0.29) is 18.5 Å². The molecule has 2 aromatic carbocycles. The van der Waals surface area contributed by atoms with E-state index < -0.39 is 11.6 Å². The van der Waals surface area contributed by atoms with E-state index in [2.05, 4.69) is 10.3 Å². The second-order valence-electron chi connectivity index (χ2n) is 9.13. The normalized spacial score (nSPS) is 21.8. The maximum absolute atomic E-state index is 13.7. The molecule has 0 unspecified atom stereocenters. The standard InChI is InChI=1S/C26H30N4O4/c1-26-16-20-19-15-18(34-2)9-10-21(19)28-22(20)23(17-7-4-3-5-8-17)30(26)25(33)29(24(26)32)13-6-11-27-12-14-31/h3-5,7-10,15,23,27-28,31H,6,11-14,16H2,1-2H3/t23-,26+/m1/s1. The third-order valence-electron chi connectivity index (χ3n) is 7.01. The summed E-state index contributed by atoms with van der Waals surface area (Å²) in [4.78, 5) is 34.2. The first-order valence-electron chi connectivity index (χ1n) is 11.7. The van der Waals surface area contributed by atoms with Crippen LogP contribution in [0.3, 0.4) is 0 Å². The first-order valence-corrected chi connectivity index (χ1v) is 11.7. The highest BCUT2D eigenvalue weighted by atomic mass is 16.5. The summed E-state index contributed by atoms with van der Waals surface area (Å²) in [6.07, 6.45) is 1.06. The molecule has 0 radical (unpaired) electrons. The van der Waals surface area contributed by atoms with Gasteiger partial charge in [-0.1, -0.05) is 30.3 Å². The lowest BCUT2D eigenvalue weighted by Crippen LogP contribution is -2.53. The minimum Gasteiger partial charge on any atom is -0.497 e. The van der Waals surface area contributed by atoms with Crippen molar-refractivity contribution in [2.45, 2.75) is 31.3 Å². The second-order valence-corrected chi connectivity index (χ2v) is 9.13. The topological polar surface area (TPSA) is 97.9 Å². The van der Waals surface area contributed by atoms with Gasteiger partial charge in [0.1, 0.15) is 17.3 Å². The van der Waals surface area contributed by atoms with Gasteiger partial charge in [-0.25, -0.2) is 4.79 Å². The molecule has 0 aliphatic carbocycles. The van der Waals surface area contributed by atoms with Gasteiger partial charge in [0.15, 0.2) is 0 Å². The molecule has 8 heteroatoms. The van der Waals surface area contributed by atoms with Gasteiger partial charge >= 0.3 is 6.03 Å². The highest BCUT2D eigenvalue weighted by Gasteiger charge is 2.59. The molecule has 5 rings (SSSR count). The SMILES string of the molecule is COc1ccc2[nH]c3c(c2c1)C[C@@]1(C)C(=O)N(CCCNCCO)C(=O)N1[C@@H]3c1ccccc1. The predicted octanol–water partition coefficient (Wildman–Crippen LogP) is 2.82. The Balaban J connectivity index is 1.58. The smallest absolute Gasteiger partial charge is 0.328 e. The lowest BCUT2D eigenvalue weighted by molar-refractivity contribution is -0.133. The number of aliphatic hydroxyl groups excluding tert-OH is 1. The molecule has 178 valence electrons. The number of hydrogen-bond acceptors (Lipinski definition) is 5. The number of aliphatic hydroxyl groups is 1. The number of nitrogens with zero attached hydrogens (tertiary/aromatic N) is 2. The molecular weight excluding hydrogens is 432 g/mol. The zero-order chi connectivity index (χ0) is 23.9. The molecule has 3 amide bonds. The number of benzene rings is 2. The molecule has 2 aliphatic heterocycles. The summed E-state index contributed by atoms with van der Waals surface area (Å²) < 4.78 is 5.46. The quantitative estimate of drug-likeness (QED) is 0.353. The molecular formula is C26H30N4O4. The van der Waals surface area contributed by atoms with Gasteiger partial charge in [0, 0.05) is 36.1 Å². The van der Waals surface area contributed by atoms with E-state index in [1.807, 2.05) is 55.5 Å². The molecule has 0 spiro atoms. The number of urea groups is 1. The van der Waals surface area contributed by atoms with E-state index in [0.717, 1.165) is 33.5 Å². The Kier molecular flexibility index (Phi) is 5.79. The van der Waals surface area contributed by atoms with Crippen molar-refractivity contribution in [2.75, 3.05) is 33.4 Å². The number of aromatic nitrogens is 1. The Hall–Kier alpha value is -3.36. The first-order chi connectivity index (χ1) is 16.5. The number of carbonyl (C=O) groups is 2. The number of fused-ring (bicyclic) bond motifs is 4. The minimum atomic E-state index is -0.985. The number of aromatic amines is 1. The van der Waals surface area contributed by atoms with Crippen LogP contribution >= 0.6 is 0 Å². The Morgan fingerprint density at radius 2 is 1.97 bits per heavy atom. The molecule has 0 bridgehead atoms. The third kappa shape index (κ3) is 3.45. The van der Waals surface area contributed by atoms with E-state index >= 15 is 0 Å². The number of nitrogens with one attached hydrogen (secondary N) is 2. The van der Waals surface area contributed by atoms with Crippen LogP contribution in [0.15, 0.2) is 48.5 Å². The van der Waals surface area contributed by atoms with Crippen molar-refractivity contribution in [1.82, 2.24) is 20.1 Å². The molecule has 2 aliphatic rings. The van der Waals surface area contributed by atoms with Crippen molar-refractivity contribution in [3.8, 4) is 5.75 Å². The largest absolute Gasteiger partial charge is 0.497 e. The van der Waals surface area contributed by atoms with Gasteiger partial charge in [0.05, 0.1) is 13.7 Å². The molecule has 34 heavy (non-hydrogen) atoms. The van der Waals surface area contributed by atoms with Crippen LogP contribution in [0.25, 0.3) is 10.9 Å². The molecule has 2 atom stereocenters. The van der Waals surface area contributed by atoms with Crippen molar-refractivity contribution in [3.05, 3.63) is 65.4 Å². The minimum absolute atomic E-state index is 0.0582. The van der Waals surface area contributed by atoms with Crippen LogP contribution < -0.4 is 10.1 Å². The second kappa shape index (κ2) is 8.77. The number of hydrogen-bond donors (Lipinski definition) is 3. The van der Waals surface area contributed by atoms with Crippen LogP contribution in [0.1, 0.15) is 36.2 Å². The average molecular weight is 463 g/mol. The van der Waals surface area contributed by atoms with Gasteiger partial charge in [-0.15, -0.1) is 0 Å². The van der Waals surface area contributed by atoms with Gasteiger partial charge in [-0.3, -0.25) is 14.6 Å². The number of carbonyl (C=O) groups excluding carboxylic acids is 2. The van der Waals surface area contributed by atoms with Crippen LogP contribution in [0.2, 0.25) is 0 Å². The van der Waals surface area contributed by atoms with Crippen LogP contribution in [0.5, 0.6) is 5.75 Å². The van der Waals surface area contributed by atoms with Gasteiger partial charge in [-0.05, 0) is 49.2 Å². The summed E-state index contributed by atoms with van der Waals surface area (Å²) in [6, 6.07) is 15.1. The Bertz CT molecular complexity index is 1220. The summed E-state index contributed by atoms with van der Waals surface area (Å²) in [6.45, 7) is 3.40. The molecule has 1 aromatic heterocycles. The summed E-state index contributed by atoms with van der Waals surface area (Å²) >= 11 is 0. The van der Waals surface area contributed by atoms with Gasteiger partial charge < -0.3 is 20.1 Å². The van der Waals surface area contributed by atoms with Crippen LogP contribution in [0.4, 0.5) is 4.79 Å². The summed E-state index contributed by atoms with van der Waals surface area (Å²) in [7, 11) is 1.64. The lowest BCUT2D eigenvalue weighted by atomic mass is 9.81. The maximum atomic E-state index is 13.7. The van der Waals surface area contributed by atoms with Gasteiger partial charge in [0.25, 0.3) is 5.91 Å². The molecule has 3 N–H and O–H groups in total.